The van der Waals surface area contributed by atoms with Crippen LogP contribution in [0.2, 0.25) is 0 Å². The fourth-order valence-corrected chi connectivity index (χ4v) is 2.24. The van der Waals surface area contributed by atoms with Crippen LogP contribution in [0.1, 0.15) is 23.7 Å². The van der Waals surface area contributed by atoms with Crippen LogP contribution in [0.4, 0.5) is 5.69 Å². The second-order valence-electron chi connectivity index (χ2n) is 4.74. The van der Waals surface area contributed by atoms with Gasteiger partial charge in [-0.3, -0.25) is 4.79 Å². The number of benzene rings is 2. The van der Waals surface area contributed by atoms with Gasteiger partial charge in [0.2, 0.25) is 0 Å². The van der Waals surface area contributed by atoms with Gasteiger partial charge in [-0.1, -0.05) is 49.4 Å². The van der Waals surface area contributed by atoms with Crippen LogP contribution in [0.3, 0.4) is 0 Å². The number of anilines is 1. The molecule has 0 radical (unpaired) electrons. The van der Waals surface area contributed by atoms with Crippen molar-refractivity contribution in [2.75, 3.05) is 19.0 Å². The summed E-state index contributed by atoms with van der Waals surface area (Å²) < 4.78 is 0. The van der Waals surface area contributed by atoms with Gasteiger partial charge < -0.3 is 4.90 Å². The number of nitrogens with zero attached hydrogens (tertiary/aromatic N) is 1. The molecule has 0 bridgehead atoms. The lowest BCUT2D eigenvalue weighted by atomic mass is 9.94. The van der Waals surface area contributed by atoms with Gasteiger partial charge >= 0.3 is 0 Å². The van der Waals surface area contributed by atoms with Crippen molar-refractivity contribution in [1.29, 1.82) is 0 Å². The van der Waals surface area contributed by atoms with E-state index in [9.17, 15) is 4.79 Å². The van der Waals surface area contributed by atoms with E-state index in [0.717, 1.165) is 22.4 Å². The Balaban J connectivity index is 2.70. The van der Waals surface area contributed by atoms with Crippen LogP contribution in [0, 0.1) is 0 Å². The summed E-state index contributed by atoms with van der Waals surface area (Å²) in [5, 5.41) is 0. The highest BCUT2D eigenvalue weighted by Crippen LogP contribution is 2.33. The van der Waals surface area contributed by atoms with Gasteiger partial charge in [0.15, 0.2) is 5.78 Å². The third-order valence-corrected chi connectivity index (χ3v) is 3.21. The Labute approximate surface area is 114 Å². The van der Waals surface area contributed by atoms with Gasteiger partial charge in [0.05, 0.1) is 0 Å². The lowest BCUT2D eigenvalue weighted by Gasteiger charge is -2.20. The minimum atomic E-state index is 0.183. The van der Waals surface area contributed by atoms with E-state index < -0.39 is 0 Å². The molecule has 0 aliphatic carbocycles. The standard InChI is InChI=1S/C17H19NO/c1-4-16(19)14-11-8-12-15(18(2)3)17(14)13-9-6-5-7-10-13/h5-12H,4H2,1-3H3. The summed E-state index contributed by atoms with van der Waals surface area (Å²) in [6.07, 6.45) is 0.525. The lowest BCUT2D eigenvalue weighted by Crippen LogP contribution is -2.12. The average Bonchev–Trinajstić information content (AvgIpc) is 2.46. The topological polar surface area (TPSA) is 20.3 Å². The lowest BCUT2D eigenvalue weighted by molar-refractivity contribution is 0.0989. The SMILES string of the molecule is CCC(=O)c1cccc(N(C)C)c1-c1ccccc1. The molecule has 0 aliphatic rings. The van der Waals surface area contributed by atoms with Crippen molar-refractivity contribution in [1.82, 2.24) is 0 Å². The quantitative estimate of drug-likeness (QED) is 0.767. The maximum atomic E-state index is 12.2. The van der Waals surface area contributed by atoms with Crippen molar-refractivity contribution in [2.45, 2.75) is 13.3 Å². The number of ketones is 1. The van der Waals surface area contributed by atoms with Crippen LogP contribution >= 0.6 is 0 Å². The van der Waals surface area contributed by atoms with Crippen LogP contribution < -0.4 is 4.90 Å². The van der Waals surface area contributed by atoms with Crippen molar-refractivity contribution in [3.63, 3.8) is 0 Å². The monoisotopic (exact) mass is 253 g/mol. The Morgan fingerprint density at radius 3 is 2.26 bits per heavy atom. The Kier molecular flexibility index (Phi) is 4.00. The molecule has 2 aromatic carbocycles. The molecule has 0 atom stereocenters. The molecule has 0 heterocycles. The van der Waals surface area contributed by atoms with Crippen molar-refractivity contribution >= 4 is 11.5 Å². The molecule has 2 aromatic rings. The van der Waals surface area contributed by atoms with Gasteiger partial charge in [0, 0.05) is 37.3 Å². The number of hydrogen-bond donors (Lipinski definition) is 0. The zero-order chi connectivity index (χ0) is 13.8. The maximum Gasteiger partial charge on any atom is 0.163 e. The van der Waals surface area contributed by atoms with Gasteiger partial charge in [0.25, 0.3) is 0 Å². The molecule has 0 fully saturated rings. The van der Waals surface area contributed by atoms with Gasteiger partial charge in [-0.2, -0.15) is 0 Å². The van der Waals surface area contributed by atoms with Crippen LogP contribution in [0.5, 0.6) is 0 Å². The van der Waals surface area contributed by atoms with Crippen LogP contribution in [-0.4, -0.2) is 19.9 Å². The van der Waals surface area contributed by atoms with Crippen molar-refractivity contribution < 1.29 is 4.79 Å². The van der Waals surface area contributed by atoms with E-state index in [1.165, 1.54) is 0 Å². The van der Waals surface area contributed by atoms with Crippen molar-refractivity contribution in [2.24, 2.45) is 0 Å². The zero-order valence-corrected chi connectivity index (χ0v) is 11.7. The molecule has 2 rings (SSSR count). The molecule has 0 saturated carbocycles. The average molecular weight is 253 g/mol. The molecule has 0 aliphatic heterocycles. The van der Waals surface area contributed by atoms with Crippen LogP contribution in [0.15, 0.2) is 48.5 Å². The summed E-state index contributed by atoms with van der Waals surface area (Å²) in [6, 6.07) is 16.0. The fourth-order valence-electron chi connectivity index (χ4n) is 2.24. The summed E-state index contributed by atoms with van der Waals surface area (Å²) in [5.74, 6) is 0.183. The van der Waals surface area contributed by atoms with Gasteiger partial charge in [-0.25, -0.2) is 0 Å². The number of rotatable bonds is 4. The second kappa shape index (κ2) is 5.70. The van der Waals surface area contributed by atoms with E-state index in [1.54, 1.807) is 0 Å². The highest BCUT2D eigenvalue weighted by molar-refractivity contribution is 6.05. The number of hydrogen-bond acceptors (Lipinski definition) is 2. The van der Waals surface area contributed by atoms with E-state index in [-0.39, 0.29) is 5.78 Å². The third-order valence-electron chi connectivity index (χ3n) is 3.21. The van der Waals surface area contributed by atoms with E-state index >= 15 is 0 Å². The van der Waals surface area contributed by atoms with E-state index in [0.29, 0.717) is 6.42 Å². The predicted octanol–water partition coefficient (Wildman–Crippen LogP) is 4.01. The fraction of sp³-hybridized carbons (Fsp3) is 0.235. The number of carbonyl (C=O) groups is 1. The molecule has 0 spiro atoms. The molecule has 0 amide bonds. The van der Waals surface area contributed by atoms with Crippen molar-refractivity contribution in [3.8, 4) is 11.1 Å². The molecule has 0 aromatic heterocycles. The largest absolute Gasteiger partial charge is 0.377 e. The first kappa shape index (κ1) is 13.3. The Hall–Kier alpha value is -2.09. The normalized spacial score (nSPS) is 10.3. The van der Waals surface area contributed by atoms with E-state index in [2.05, 4.69) is 23.1 Å². The molecule has 2 heteroatoms. The van der Waals surface area contributed by atoms with Crippen molar-refractivity contribution in [3.05, 3.63) is 54.1 Å². The molecule has 0 saturated heterocycles. The molecule has 98 valence electrons. The highest BCUT2D eigenvalue weighted by Gasteiger charge is 2.15. The van der Waals surface area contributed by atoms with Gasteiger partial charge in [-0.05, 0) is 11.6 Å². The molecule has 0 unspecified atom stereocenters. The molecular weight excluding hydrogens is 234 g/mol. The molecule has 0 N–H and O–H groups in total. The minimum absolute atomic E-state index is 0.183. The maximum absolute atomic E-state index is 12.2. The van der Waals surface area contributed by atoms with Crippen LogP contribution in [0.25, 0.3) is 11.1 Å². The third kappa shape index (κ3) is 2.68. The zero-order valence-electron chi connectivity index (χ0n) is 11.7. The van der Waals surface area contributed by atoms with E-state index in [4.69, 9.17) is 0 Å². The first-order valence-electron chi connectivity index (χ1n) is 6.54. The number of carbonyl (C=O) groups excluding carboxylic acids is 1. The first-order chi connectivity index (χ1) is 9.15. The summed E-state index contributed by atoms with van der Waals surface area (Å²) in [7, 11) is 4.00. The summed E-state index contributed by atoms with van der Waals surface area (Å²) >= 11 is 0. The Morgan fingerprint density at radius 2 is 1.68 bits per heavy atom. The number of Topliss-reactive ketones (excluding diaryl/α,β-unsaturated/α-hetero) is 1. The molecular formula is C17H19NO. The molecule has 2 nitrogen and oxygen atoms in total. The van der Waals surface area contributed by atoms with Gasteiger partial charge in [-0.15, -0.1) is 0 Å². The summed E-state index contributed by atoms with van der Waals surface area (Å²) in [6.45, 7) is 1.90. The smallest absolute Gasteiger partial charge is 0.163 e. The summed E-state index contributed by atoms with van der Waals surface area (Å²) in [5.41, 5.74) is 3.99. The Morgan fingerprint density at radius 1 is 1.00 bits per heavy atom. The van der Waals surface area contributed by atoms with Crippen LogP contribution in [-0.2, 0) is 0 Å². The Bertz CT molecular complexity index is 573. The van der Waals surface area contributed by atoms with Gasteiger partial charge in [0.1, 0.15) is 0 Å². The molecule has 19 heavy (non-hydrogen) atoms. The summed E-state index contributed by atoms with van der Waals surface area (Å²) in [4.78, 5) is 14.2. The minimum Gasteiger partial charge on any atom is -0.377 e. The predicted molar refractivity (Wildman–Crippen MR) is 80.8 cm³/mol. The second-order valence-corrected chi connectivity index (χ2v) is 4.74. The van der Waals surface area contributed by atoms with E-state index in [1.807, 2.05) is 51.4 Å². The highest BCUT2D eigenvalue weighted by atomic mass is 16.1. The first-order valence-corrected chi connectivity index (χ1v) is 6.54.